The van der Waals surface area contributed by atoms with Crippen LogP contribution in [0.15, 0.2) is 36.4 Å². The molecule has 3 heteroatoms. The first-order valence-electron chi connectivity index (χ1n) is 8.85. The lowest BCUT2D eigenvalue weighted by Gasteiger charge is -2.51. The molecule has 2 aliphatic carbocycles. The van der Waals surface area contributed by atoms with Crippen LogP contribution in [0.3, 0.4) is 0 Å². The third-order valence-corrected chi connectivity index (χ3v) is 6.30. The Kier molecular flexibility index (Phi) is 3.84. The van der Waals surface area contributed by atoms with Gasteiger partial charge in [-0.15, -0.1) is 0 Å². The van der Waals surface area contributed by atoms with Crippen molar-refractivity contribution in [3.63, 3.8) is 0 Å². The minimum atomic E-state index is -0.288. The van der Waals surface area contributed by atoms with Crippen molar-refractivity contribution >= 4 is 5.78 Å². The number of rotatable bonds is 5. The number of carbonyl (C=O) groups excluding carboxylic acids is 1. The Labute approximate surface area is 137 Å². The maximum absolute atomic E-state index is 12.9. The average Bonchev–Trinajstić information content (AvgIpc) is 2.92. The summed E-state index contributed by atoms with van der Waals surface area (Å²) in [6.07, 6.45) is 10.3. The van der Waals surface area contributed by atoms with E-state index in [1.807, 2.05) is 0 Å². The van der Waals surface area contributed by atoms with Crippen LogP contribution < -0.4 is 0 Å². The summed E-state index contributed by atoms with van der Waals surface area (Å²) in [5.74, 6) is 1.48. The molecule has 0 radical (unpaired) electrons. The summed E-state index contributed by atoms with van der Waals surface area (Å²) in [5, 5.41) is 0. The summed E-state index contributed by atoms with van der Waals surface area (Å²) in [7, 11) is 0. The van der Waals surface area contributed by atoms with Gasteiger partial charge >= 0.3 is 0 Å². The molecule has 1 heterocycles. The molecular weight excluding hydrogens is 289 g/mol. The second-order valence-corrected chi connectivity index (χ2v) is 7.51. The van der Waals surface area contributed by atoms with Crippen LogP contribution in [0.2, 0.25) is 0 Å². The second-order valence-electron chi connectivity index (χ2n) is 7.51. The van der Waals surface area contributed by atoms with Gasteiger partial charge in [-0.05, 0) is 73.7 Å². The number of hydrogen-bond donors (Lipinski definition) is 0. The second kappa shape index (κ2) is 5.86. The average molecular weight is 313 g/mol. The van der Waals surface area contributed by atoms with Crippen molar-refractivity contribution in [2.24, 2.45) is 17.3 Å². The molecule has 1 aromatic carbocycles. The summed E-state index contributed by atoms with van der Waals surface area (Å²) >= 11 is 0. The maximum Gasteiger partial charge on any atom is 0.162 e. The standard InChI is InChI=1S/C20H24FNO/c21-18-8-6-15(7-9-18)19(23)5-2-12-22-13-17-4-1-3-16-10-11-20(16,17)14-22/h1,3,6-9,16-17H,2,4-5,10-14H2. The van der Waals surface area contributed by atoms with Gasteiger partial charge in [0.2, 0.25) is 0 Å². The van der Waals surface area contributed by atoms with E-state index >= 15 is 0 Å². The van der Waals surface area contributed by atoms with Crippen LogP contribution in [-0.4, -0.2) is 30.3 Å². The summed E-state index contributed by atoms with van der Waals surface area (Å²) < 4.78 is 12.9. The highest BCUT2D eigenvalue weighted by atomic mass is 19.1. The zero-order valence-electron chi connectivity index (χ0n) is 13.5. The number of halogens is 1. The van der Waals surface area contributed by atoms with Crippen molar-refractivity contribution in [1.29, 1.82) is 0 Å². The van der Waals surface area contributed by atoms with E-state index in [4.69, 9.17) is 0 Å². The van der Waals surface area contributed by atoms with Gasteiger partial charge in [0, 0.05) is 25.1 Å². The van der Waals surface area contributed by atoms with Gasteiger partial charge in [-0.3, -0.25) is 4.79 Å². The maximum atomic E-state index is 12.9. The van der Waals surface area contributed by atoms with E-state index in [0.717, 1.165) is 24.8 Å². The number of likely N-dealkylation sites (tertiary alicyclic amines) is 1. The first kappa shape index (κ1) is 15.1. The quantitative estimate of drug-likeness (QED) is 0.603. The lowest BCUT2D eigenvalue weighted by molar-refractivity contribution is 0.0239. The van der Waals surface area contributed by atoms with Crippen LogP contribution in [0.25, 0.3) is 0 Å². The largest absolute Gasteiger partial charge is 0.302 e. The number of carbonyl (C=O) groups is 1. The molecular formula is C20H24FNO. The topological polar surface area (TPSA) is 20.3 Å². The smallest absolute Gasteiger partial charge is 0.162 e. The molecule has 0 aromatic heterocycles. The van der Waals surface area contributed by atoms with E-state index in [-0.39, 0.29) is 11.6 Å². The third-order valence-electron chi connectivity index (χ3n) is 6.30. The predicted octanol–water partition coefficient (Wildman–Crippen LogP) is 4.08. The molecule has 2 fully saturated rings. The molecule has 0 bridgehead atoms. The van der Waals surface area contributed by atoms with Crippen molar-refractivity contribution in [3.05, 3.63) is 47.8 Å². The van der Waals surface area contributed by atoms with Crippen molar-refractivity contribution in [3.8, 4) is 0 Å². The Bertz CT molecular complexity index is 623. The van der Waals surface area contributed by atoms with Crippen LogP contribution in [0.5, 0.6) is 0 Å². The van der Waals surface area contributed by atoms with Crippen molar-refractivity contribution in [1.82, 2.24) is 4.90 Å². The van der Waals surface area contributed by atoms with Gasteiger partial charge < -0.3 is 4.90 Å². The molecule has 1 saturated carbocycles. The molecule has 1 saturated heterocycles. The van der Waals surface area contributed by atoms with E-state index in [2.05, 4.69) is 17.1 Å². The summed E-state index contributed by atoms with van der Waals surface area (Å²) in [6, 6.07) is 5.90. The number of Topliss-reactive ketones (excluding diaryl/α,β-unsaturated/α-hetero) is 1. The Morgan fingerprint density at radius 3 is 2.83 bits per heavy atom. The molecule has 3 unspecified atom stereocenters. The Hall–Kier alpha value is -1.48. The van der Waals surface area contributed by atoms with Gasteiger partial charge in [-0.25, -0.2) is 4.39 Å². The lowest BCUT2D eigenvalue weighted by atomic mass is 9.53. The monoisotopic (exact) mass is 313 g/mol. The zero-order chi connectivity index (χ0) is 15.9. The van der Waals surface area contributed by atoms with E-state index < -0.39 is 0 Å². The van der Waals surface area contributed by atoms with Gasteiger partial charge in [0.25, 0.3) is 0 Å². The number of nitrogens with zero attached hydrogens (tertiary/aromatic N) is 1. The Morgan fingerprint density at radius 2 is 2.13 bits per heavy atom. The van der Waals surface area contributed by atoms with Crippen LogP contribution in [-0.2, 0) is 0 Å². The van der Waals surface area contributed by atoms with Gasteiger partial charge in [-0.2, -0.15) is 0 Å². The lowest BCUT2D eigenvalue weighted by Crippen LogP contribution is -2.47. The van der Waals surface area contributed by atoms with Gasteiger partial charge in [0.15, 0.2) is 5.78 Å². The number of benzene rings is 1. The molecule has 122 valence electrons. The van der Waals surface area contributed by atoms with E-state index in [9.17, 15) is 9.18 Å². The highest BCUT2D eigenvalue weighted by molar-refractivity contribution is 5.95. The first-order valence-corrected chi connectivity index (χ1v) is 8.85. The van der Waals surface area contributed by atoms with Gasteiger partial charge in [0.05, 0.1) is 0 Å². The number of allylic oxidation sites excluding steroid dienone is 2. The molecule has 23 heavy (non-hydrogen) atoms. The van der Waals surface area contributed by atoms with Crippen LogP contribution in [0, 0.1) is 23.1 Å². The van der Waals surface area contributed by atoms with E-state index in [1.165, 1.54) is 44.5 Å². The van der Waals surface area contributed by atoms with E-state index in [1.54, 1.807) is 12.1 Å². The highest BCUT2D eigenvalue weighted by Crippen LogP contribution is 2.59. The molecule has 0 amide bonds. The molecule has 1 aliphatic heterocycles. The SMILES string of the molecule is O=C(CCCN1CC2CC=CC3CCC32C1)c1ccc(F)cc1. The Morgan fingerprint density at radius 1 is 1.30 bits per heavy atom. The van der Waals surface area contributed by atoms with Gasteiger partial charge in [-0.1, -0.05) is 12.2 Å². The zero-order valence-corrected chi connectivity index (χ0v) is 13.5. The first-order chi connectivity index (χ1) is 11.2. The minimum Gasteiger partial charge on any atom is -0.302 e. The van der Waals surface area contributed by atoms with Crippen molar-refractivity contribution in [2.75, 3.05) is 19.6 Å². The molecule has 2 nitrogen and oxygen atoms in total. The van der Waals surface area contributed by atoms with Gasteiger partial charge in [0.1, 0.15) is 5.82 Å². The fraction of sp³-hybridized carbons (Fsp3) is 0.550. The fourth-order valence-electron chi connectivity index (χ4n) is 4.91. The normalized spacial score (nSPS) is 32.2. The predicted molar refractivity (Wildman–Crippen MR) is 88.8 cm³/mol. The molecule has 0 N–H and O–H groups in total. The third kappa shape index (κ3) is 2.65. The molecule has 1 spiro atoms. The van der Waals surface area contributed by atoms with Crippen molar-refractivity contribution < 1.29 is 9.18 Å². The van der Waals surface area contributed by atoms with Crippen molar-refractivity contribution in [2.45, 2.75) is 32.1 Å². The minimum absolute atomic E-state index is 0.128. The summed E-state index contributed by atoms with van der Waals surface area (Å²) in [5.41, 5.74) is 1.19. The number of ketones is 1. The number of hydrogen-bond acceptors (Lipinski definition) is 2. The molecule has 4 rings (SSSR count). The highest BCUT2D eigenvalue weighted by Gasteiger charge is 2.56. The van der Waals surface area contributed by atoms with Crippen LogP contribution in [0.4, 0.5) is 4.39 Å². The van der Waals surface area contributed by atoms with Crippen LogP contribution >= 0.6 is 0 Å². The van der Waals surface area contributed by atoms with E-state index in [0.29, 0.717) is 17.4 Å². The molecule has 1 aromatic rings. The molecule has 3 aliphatic rings. The summed E-state index contributed by atoms with van der Waals surface area (Å²) in [6.45, 7) is 3.43. The summed E-state index contributed by atoms with van der Waals surface area (Å²) in [4.78, 5) is 14.7. The fourth-order valence-corrected chi connectivity index (χ4v) is 4.91. The Balaban J connectivity index is 1.28. The molecule has 3 atom stereocenters. The van der Waals surface area contributed by atoms with Crippen LogP contribution in [0.1, 0.15) is 42.5 Å².